The van der Waals surface area contributed by atoms with Crippen molar-refractivity contribution in [2.24, 2.45) is 5.92 Å². The molecule has 7 heteroatoms. The number of piperidine rings is 1. The van der Waals surface area contributed by atoms with E-state index in [2.05, 4.69) is 0 Å². The Morgan fingerprint density at radius 3 is 2.26 bits per heavy atom. The van der Waals surface area contributed by atoms with Gasteiger partial charge in [0.25, 0.3) is 0 Å². The maximum Gasteiger partial charge on any atom is 0.417 e. The van der Waals surface area contributed by atoms with Gasteiger partial charge in [-0.2, -0.15) is 13.2 Å². The van der Waals surface area contributed by atoms with Gasteiger partial charge < -0.3 is 14.7 Å². The molecule has 1 aliphatic rings. The number of nitrogens with zero attached hydrogens (tertiary/aromatic N) is 1. The van der Waals surface area contributed by atoms with E-state index >= 15 is 0 Å². The van der Waals surface area contributed by atoms with Crippen molar-refractivity contribution < 1.29 is 27.8 Å². The highest BCUT2D eigenvalue weighted by Gasteiger charge is 2.59. The van der Waals surface area contributed by atoms with Crippen LogP contribution < -0.4 is 0 Å². The fourth-order valence-electron chi connectivity index (χ4n) is 2.04. The second-order valence-electron chi connectivity index (χ2n) is 6.00. The molecule has 1 amide bonds. The standard InChI is InChI=1S/C12H20F3NO3/c1-8-7-16(9(17)19-10(2,3)4)6-5-11(8,18)12(13,14)15/h8,18H,5-7H2,1-4H3. The quantitative estimate of drug-likeness (QED) is 0.743. The molecule has 1 fully saturated rings. The van der Waals surface area contributed by atoms with Crippen LogP contribution in [0.1, 0.15) is 34.1 Å². The molecule has 0 aromatic heterocycles. The predicted octanol–water partition coefficient (Wildman–Crippen LogP) is 2.56. The number of carbonyl (C=O) groups is 1. The zero-order valence-electron chi connectivity index (χ0n) is 11.5. The lowest BCUT2D eigenvalue weighted by Gasteiger charge is -2.43. The molecule has 2 unspecified atom stereocenters. The van der Waals surface area contributed by atoms with Gasteiger partial charge in [0.2, 0.25) is 0 Å². The minimum Gasteiger partial charge on any atom is -0.444 e. The number of hydrogen-bond acceptors (Lipinski definition) is 3. The average molecular weight is 283 g/mol. The third-order valence-electron chi connectivity index (χ3n) is 3.21. The molecule has 0 aromatic rings. The first-order valence-corrected chi connectivity index (χ1v) is 6.14. The van der Waals surface area contributed by atoms with Gasteiger partial charge in [-0.1, -0.05) is 6.92 Å². The number of hydrogen-bond donors (Lipinski definition) is 1. The van der Waals surface area contributed by atoms with E-state index in [1.54, 1.807) is 20.8 Å². The summed E-state index contributed by atoms with van der Waals surface area (Å²) in [6.45, 7) is 5.99. The maximum atomic E-state index is 12.8. The zero-order chi connectivity index (χ0) is 15.1. The van der Waals surface area contributed by atoms with E-state index < -0.39 is 35.8 Å². The highest BCUT2D eigenvalue weighted by Crippen LogP contribution is 2.41. The van der Waals surface area contributed by atoms with Gasteiger partial charge in [-0.25, -0.2) is 4.79 Å². The molecule has 1 aliphatic heterocycles. The topological polar surface area (TPSA) is 49.8 Å². The molecule has 1 heterocycles. The maximum absolute atomic E-state index is 12.8. The molecule has 1 rings (SSSR count). The molecular weight excluding hydrogens is 263 g/mol. The number of alkyl halides is 3. The molecule has 1 N–H and O–H groups in total. The fraction of sp³-hybridized carbons (Fsp3) is 0.917. The first-order chi connectivity index (χ1) is 8.37. The summed E-state index contributed by atoms with van der Waals surface area (Å²) in [6, 6.07) is 0. The highest BCUT2D eigenvalue weighted by molar-refractivity contribution is 5.68. The lowest BCUT2D eigenvalue weighted by atomic mass is 9.81. The largest absolute Gasteiger partial charge is 0.444 e. The lowest BCUT2D eigenvalue weighted by Crippen LogP contribution is -2.60. The van der Waals surface area contributed by atoms with Crippen molar-refractivity contribution in [1.82, 2.24) is 4.90 Å². The third-order valence-corrected chi connectivity index (χ3v) is 3.21. The van der Waals surface area contributed by atoms with Gasteiger partial charge in [0.05, 0.1) is 0 Å². The summed E-state index contributed by atoms with van der Waals surface area (Å²) in [4.78, 5) is 13.0. The Hall–Kier alpha value is -0.980. The lowest BCUT2D eigenvalue weighted by molar-refractivity contribution is -0.288. The summed E-state index contributed by atoms with van der Waals surface area (Å²) >= 11 is 0. The third kappa shape index (κ3) is 3.52. The number of likely N-dealkylation sites (tertiary alicyclic amines) is 1. The van der Waals surface area contributed by atoms with Crippen molar-refractivity contribution in [2.45, 2.75) is 51.5 Å². The Morgan fingerprint density at radius 1 is 1.37 bits per heavy atom. The Balaban J connectivity index is 2.72. The van der Waals surface area contributed by atoms with E-state index in [0.29, 0.717) is 0 Å². The van der Waals surface area contributed by atoms with E-state index in [4.69, 9.17) is 4.74 Å². The molecule has 0 aliphatic carbocycles. The van der Waals surface area contributed by atoms with Gasteiger partial charge in [-0.3, -0.25) is 0 Å². The zero-order valence-corrected chi connectivity index (χ0v) is 11.5. The molecule has 1 saturated heterocycles. The van der Waals surface area contributed by atoms with Crippen LogP contribution in [0.3, 0.4) is 0 Å². The highest BCUT2D eigenvalue weighted by atomic mass is 19.4. The van der Waals surface area contributed by atoms with E-state index in [1.165, 1.54) is 11.8 Å². The van der Waals surface area contributed by atoms with Gasteiger partial charge in [0, 0.05) is 25.4 Å². The molecule has 19 heavy (non-hydrogen) atoms. The van der Waals surface area contributed by atoms with Gasteiger partial charge in [0.1, 0.15) is 5.60 Å². The number of aliphatic hydroxyl groups is 1. The number of carbonyl (C=O) groups excluding carboxylic acids is 1. The minimum atomic E-state index is -4.69. The van der Waals surface area contributed by atoms with Crippen LogP contribution in [0.15, 0.2) is 0 Å². The summed E-state index contributed by atoms with van der Waals surface area (Å²) < 4.78 is 43.5. The molecule has 0 saturated carbocycles. The van der Waals surface area contributed by atoms with Crippen LogP contribution >= 0.6 is 0 Å². The van der Waals surface area contributed by atoms with Crippen LogP contribution in [-0.2, 0) is 4.74 Å². The summed E-state index contributed by atoms with van der Waals surface area (Å²) in [7, 11) is 0. The molecule has 0 spiro atoms. The number of rotatable bonds is 0. The van der Waals surface area contributed by atoms with Crippen LogP contribution in [-0.4, -0.2) is 46.6 Å². The van der Waals surface area contributed by atoms with Crippen LogP contribution in [0.2, 0.25) is 0 Å². The minimum absolute atomic E-state index is 0.171. The summed E-state index contributed by atoms with van der Waals surface area (Å²) in [5.74, 6) is -1.09. The van der Waals surface area contributed by atoms with E-state index in [9.17, 15) is 23.1 Å². The van der Waals surface area contributed by atoms with Gasteiger partial charge >= 0.3 is 12.3 Å². The molecular formula is C12H20F3NO3. The van der Waals surface area contributed by atoms with Crippen molar-refractivity contribution in [2.75, 3.05) is 13.1 Å². The second kappa shape index (κ2) is 4.85. The second-order valence-corrected chi connectivity index (χ2v) is 6.00. The summed E-state index contributed by atoms with van der Waals surface area (Å²) in [5.41, 5.74) is -3.43. The smallest absolute Gasteiger partial charge is 0.417 e. The monoisotopic (exact) mass is 283 g/mol. The van der Waals surface area contributed by atoms with Crippen molar-refractivity contribution >= 4 is 6.09 Å². The fourth-order valence-corrected chi connectivity index (χ4v) is 2.04. The van der Waals surface area contributed by atoms with Crippen molar-refractivity contribution in [3.63, 3.8) is 0 Å². The average Bonchev–Trinajstić information content (AvgIpc) is 2.17. The molecule has 0 radical (unpaired) electrons. The van der Waals surface area contributed by atoms with Crippen LogP contribution in [0.25, 0.3) is 0 Å². The van der Waals surface area contributed by atoms with Gasteiger partial charge in [-0.15, -0.1) is 0 Å². The number of ether oxygens (including phenoxy) is 1. The van der Waals surface area contributed by atoms with Crippen LogP contribution in [0.4, 0.5) is 18.0 Å². The SMILES string of the molecule is CC1CN(C(=O)OC(C)(C)C)CCC1(O)C(F)(F)F. The number of halogens is 3. The summed E-state index contributed by atoms with van der Waals surface area (Å²) in [5, 5.41) is 9.70. The molecule has 0 aromatic carbocycles. The van der Waals surface area contributed by atoms with Crippen LogP contribution in [0.5, 0.6) is 0 Å². The first kappa shape index (κ1) is 16.1. The molecule has 112 valence electrons. The van der Waals surface area contributed by atoms with Crippen molar-refractivity contribution in [3.8, 4) is 0 Å². The predicted molar refractivity (Wildman–Crippen MR) is 62.6 cm³/mol. The molecule has 4 nitrogen and oxygen atoms in total. The Bertz CT molecular complexity index is 351. The molecule has 2 atom stereocenters. The Labute approximate surface area is 110 Å². The van der Waals surface area contributed by atoms with Crippen molar-refractivity contribution in [1.29, 1.82) is 0 Å². The normalized spacial score (nSPS) is 29.3. The van der Waals surface area contributed by atoms with Gasteiger partial charge in [0.15, 0.2) is 5.60 Å². The Morgan fingerprint density at radius 2 is 1.89 bits per heavy atom. The van der Waals surface area contributed by atoms with Crippen molar-refractivity contribution in [3.05, 3.63) is 0 Å². The first-order valence-electron chi connectivity index (χ1n) is 6.14. The van der Waals surface area contributed by atoms with Gasteiger partial charge in [-0.05, 0) is 20.8 Å². The van der Waals surface area contributed by atoms with E-state index in [-0.39, 0.29) is 13.1 Å². The Kier molecular flexibility index (Phi) is 4.10. The van der Waals surface area contributed by atoms with Crippen LogP contribution in [0, 0.1) is 5.92 Å². The number of amides is 1. The van der Waals surface area contributed by atoms with E-state index in [1.807, 2.05) is 0 Å². The molecule has 0 bridgehead atoms. The van der Waals surface area contributed by atoms with E-state index in [0.717, 1.165) is 0 Å². The summed E-state index contributed by atoms with van der Waals surface area (Å²) in [6.07, 6.45) is -5.87.